The summed E-state index contributed by atoms with van der Waals surface area (Å²) in [4.78, 5) is 4.76. The van der Waals surface area contributed by atoms with Gasteiger partial charge in [0.05, 0.1) is 7.11 Å². The second-order valence-corrected chi connectivity index (χ2v) is 5.92. The minimum Gasteiger partial charge on any atom is -0.494 e. The summed E-state index contributed by atoms with van der Waals surface area (Å²) in [6.07, 6.45) is 1.67. The number of benzene rings is 2. The van der Waals surface area contributed by atoms with E-state index in [2.05, 4.69) is 23.5 Å². The number of pyridine rings is 1. The number of nitrogens with zero attached hydrogens (tertiary/aromatic N) is 1. The fraction of sp³-hybridized carbons (Fsp3) is 0.158. The summed E-state index contributed by atoms with van der Waals surface area (Å²) < 4.78 is 5.41. The van der Waals surface area contributed by atoms with Crippen molar-refractivity contribution in [3.63, 3.8) is 0 Å². The summed E-state index contributed by atoms with van der Waals surface area (Å²) in [5.74, 6) is 0.796. The molecule has 0 bridgehead atoms. The summed E-state index contributed by atoms with van der Waals surface area (Å²) in [6.45, 7) is 0. The summed E-state index contributed by atoms with van der Waals surface area (Å²) >= 11 is 4.94. The Balaban J connectivity index is 1.82. The molecule has 0 saturated heterocycles. The number of ether oxygens (including phenoxy) is 1. The highest BCUT2D eigenvalue weighted by Gasteiger charge is 2.06. The molecule has 1 aromatic heterocycles. The number of anilines is 1. The molecule has 0 spiro atoms. The van der Waals surface area contributed by atoms with Gasteiger partial charge in [-0.2, -0.15) is 0 Å². The van der Waals surface area contributed by atoms with Crippen LogP contribution in [-0.4, -0.2) is 17.2 Å². The molecule has 0 fully saturated rings. The van der Waals surface area contributed by atoms with Crippen LogP contribution in [0.3, 0.4) is 0 Å². The van der Waals surface area contributed by atoms with Crippen LogP contribution in [0.1, 0.15) is 11.3 Å². The SMILES string of the molecule is COc1cccc2ccc(CCc3ccccc3NC(N)=S)nc12. The second kappa shape index (κ2) is 7.27. The minimum atomic E-state index is 0.274. The van der Waals surface area contributed by atoms with Crippen molar-refractivity contribution in [2.24, 2.45) is 5.73 Å². The molecule has 2 aromatic carbocycles. The van der Waals surface area contributed by atoms with E-state index in [0.717, 1.165) is 46.4 Å². The van der Waals surface area contributed by atoms with Gasteiger partial charge in [0.25, 0.3) is 0 Å². The van der Waals surface area contributed by atoms with Gasteiger partial charge in [-0.25, -0.2) is 4.98 Å². The highest BCUT2D eigenvalue weighted by Crippen LogP contribution is 2.24. The van der Waals surface area contributed by atoms with Gasteiger partial charge in [-0.3, -0.25) is 0 Å². The standard InChI is InChI=1S/C19H19N3OS/c1-23-17-8-4-6-14-10-12-15(21-18(14)17)11-9-13-5-2-3-7-16(13)22-19(20)24/h2-8,10,12H,9,11H2,1H3,(H3,20,22,24). The first-order valence-electron chi connectivity index (χ1n) is 7.74. The molecule has 3 aromatic rings. The number of nitrogens with one attached hydrogen (secondary N) is 1. The molecule has 122 valence electrons. The Labute approximate surface area is 146 Å². The van der Waals surface area contributed by atoms with Gasteiger partial charge in [-0.15, -0.1) is 0 Å². The van der Waals surface area contributed by atoms with Crippen molar-refractivity contribution in [1.29, 1.82) is 0 Å². The van der Waals surface area contributed by atoms with Crippen molar-refractivity contribution in [2.75, 3.05) is 12.4 Å². The quantitative estimate of drug-likeness (QED) is 0.696. The van der Waals surface area contributed by atoms with Crippen LogP contribution in [-0.2, 0) is 12.8 Å². The van der Waals surface area contributed by atoms with Gasteiger partial charge < -0.3 is 15.8 Å². The van der Waals surface area contributed by atoms with Crippen molar-refractivity contribution in [1.82, 2.24) is 4.98 Å². The van der Waals surface area contributed by atoms with Gasteiger partial charge in [0, 0.05) is 16.8 Å². The average molecular weight is 337 g/mol. The number of aromatic nitrogens is 1. The first kappa shape index (κ1) is 16.2. The largest absolute Gasteiger partial charge is 0.494 e. The van der Waals surface area contributed by atoms with E-state index in [1.807, 2.05) is 36.4 Å². The minimum absolute atomic E-state index is 0.274. The fourth-order valence-electron chi connectivity index (χ4n) is 2.72. The number of thiocarbonyl (C=S) groups is 1. The third-order valence-corrected chi connectivity index (χ3v) is 3.99. The topological polar surface area (TPSA) is 60.2 Å². The number of aryl methyl sites for hydroxylation is 2. The van der Waals surface area contributed by atoms with E-state index >= 15 is 0 Å². The van der Waals surface area contributed by atoms with E-state index in [1.165, 1.54) is 0 Å². The third-order valence-electron chi connectivity index (χ3n) is 3.89. The predicted octanol–water partition coefficient (Wildman–Crippen LogP) is 3.68. The number of hydrogen-bond acceptors (Lipinski definition) is 3. The Hall–Kier alpha value is -2.66. The van der Waals surface area contributed by atoms with Crippen molar-refractivity contribution >= 4 is 33.9 Å². The highest BCUT2D eigenvalue weighted by atomic mass is 32.1. The van der Waals surface area contributed by atoms with E-state index in [9.17, 15) is 0 Å². The number of para-hydroxylation sites is 2. The van der Waals surface area contributed by atoms with Crippen LogP contribution in [0.5, 0.6) is 5.75 Å². The molecule has 4 nitrogen and oxygen atoms in total. The predicted molar refractivity (Wildman–Crippen MR) is 103 cm³/mol. The lowest BCUT2D eigenvalue weighted by Crippen LogP contribution is -2.19. The van der Waals surface area contributed by atoms with Gasteiger partial charge >= 0.3 is 0 Å². The monoisotopic (exact) mass is 337 g/mol. The molecule has 3 N–H and O–H groups in total. The zero-order valence-corrected chi connectivity index (χ0v) is 14.3. The molecule has 0 atom stereocenters. The van der Waals surface area contributed by atoms with Crippen LogP contribution in [0.4, 0.5) is 5.69 Å². The van der Waals surface area contributed by atoms with E-state index < -0.39 is 0 Å². The molecule has 0 amide bonds. The molecule has 3 rings (SSSR count). The molecule has 0 aliphatic carbocycles. The van der Waals surface area contributed by atoms with E-state index in [-0.39, 0.29) is 5.11 Å². The first-order chi connectivity index (χ1) is 11.7. The van der Waals surface area contributed by atoms with Crippen LogP contribution in [0.15, 0.2) is 54.6 Å². The maximum Gasteiger partial charge on any atom is 0.168 e. The van der Waals surface area contributed by atoms with Gasteiger partial charge in [0.2, 0.25) is 0 Å². The maximum absolute atomic E-state index is 5.59. The Bertz CT molecular complexity index is 879. The molecular formula is C19H19N3OS. The zero-order chi connectivity index (χ0) is 16.9. The highest BCUT2D eigenvalue weighted by molar-refractivity contribution is 7.80. The lowest BCUT2D eigenvalue weighted by molar-refractivity contribution is 0.419. The Morgan fingerprint density at radius 1 is 1.08 bits per heavy atom. The van der Waals surface area contributed by atoms with Gasteiger partial charge in [-0.1, -0.05) is 36.4 Å². The normalized spacial score (nSPS) is 10.5. The molecule has 0 aliphatic rings. The molecule has 0 radical (unpaired) electrons. The van der Waals surface area contributed by atoms with Crippen LogP contribution in [0.2, 0.25) is 0 Å². The number of methoxy groups -OCH3 is 1. The first-order valence-corrected chi connectivity index (χ1v) is 8.15. The smallest absolute Gasteiger partial charge is 0.168 e. The Morgan fingerprint density at radius 2 is 1.92 bits per heavy atom. The summed E-state index contributed by atoms with van der Waals surface area (Å²) in [5.41, 5.74) is 9.62. The molecule has 0 unspecified atom stereocenters. The molecule has 0 aliphatic heterocycles. The van der Waals surface area contributed by atoms with Crippen molar-refractivity contribution in [3.05, 3.63) is 65.9 Å². The zero-order valence-electron chi connectivity index (χ0n) is 13.5. The van der Waals surface area contributed by atoms with Crippen molar-refractivity contribution in [2.45, 2.75) is 12.8 Å². The number of fused-ring (bicyclic) bond motifs is 1. The lowest BCUT2D eigenvalue weighted by atomic mass is 10.0. The van der Waals surface area contributed by atoms with E-state index in [4.69, 9.17) is 27.7 Å². The third kappa shape index (κ3) is 3.63. The lowest BCUT2D eigenvalue weighted by Gasteiger charge is -2.11. The van der Waals surface area contributed by atoms with E-state index in [1.54, 1.807) is 7.11 Å². The summed E-state index contributed by atoms with van der Waals surface area (Å²) in [5, 5.41) is 4.38. The molecule has 5 heteroatoms. The van der Waals surface area contributed by atoms with Crippen molar-refractivity contribution < 1.29 is 4.74 Å². The van der Waals surface area contributed by atoms with Crippen LogP contribution in [0.25, 0.3) is 10.9 Å². The van der Waals surface area contributed by atoms with Crippen LogP contribution in [0, 0.1) is 0 Å². The summed E-state index contributed by atoms with van der Waals surface area (Å²) in [6, 6.07) is 18.1. The Kier molecular flexibility index (Phi) is 4.91. The average Bonchev–Trinajstić information content (AvgIpc) is 2.60. The number of hydrogen-bond donors (Lipinski definition) is 2. The molecule has 24 heavy (non-hydrogen) atoms. The molecule has 1 heterocycles. The second-order valence-electron chi connectivity index (χ2n) is 5.48. The van der Waals surface area contributed by atoms with Crippen LogP contribution < -0.4 is 15.8 Å². The van der Waals surface area contributed by atoms with Crippen LogP contribution >= 0.6 is 12.2 Å². The Morgan fingerprint density at radius 3 is 2.71 bits per heavy atom. The molecule has 0 saturated carbocycles. The van der Waals surface area contributed by atoms with Crippen molar-refractivity contribution in [3.8, 4) is 5.75 Å². The number of rotatable bonds is 5. The fourth-order valence-corrected chi connectivity index (χ4v) is 2.83. The summed E-state index contributed by atoms with van der Waals surface area (Å²) in [7, 11) is 1.67. The van der Waals surface area contributed by atoms with Gasteiger partial charge in [-0.05, 0) is 48.8 Å². The number of nitrogens with two attached hydrogens (primary N) is 1. The van der Waals surface area contributed by atoms with Gasteiger partial charge in [0.15, 0.2) is 5.11 Å². The van der Waals surface area contributed by atoms with Gasteiger partial charge in [0.1, 0.15) is 11.3 Å². The maximum atomic E-state index is 5.59. The molecular weight excluding hydrogens is 318 g/mol. The van der Waals surface area contributed by atoms with E-state index in [0.29, 0.717) is 0 Å².